The minimum Gasteiger partial charge on any atom is -0.352 e. The average Bonchev–Trinajstić information content (AvgIpc) is 3.08. The van der Waals surface area contributed by atoms with Crippen molar-refractivity contribution < 1.29 is 4.79 Å². The zero-order valence-electron chi connectivity index (χ0n) is 11.4. The fourth-order valence-corrected chi connectivity index (χ4v) is 3.64. The monoisotopic (exact) mass is 280 g/mol. The molecule has 1 heterocycles. The molecule has 1 atom stereocenters. The topological polar surface area (TPSA) is 55.1 Å². The fraction of sp³-hybridized carbons (Fsp3) is 0.667. The van der Waals surface area contributed by atoms with Crippen molar-refractivity contribution in [2.24, 2.45) is 11.7 Å². The van der Waals surface area contributed by atoms with E-state index in [2.05, 4.69) is 22.8 Å². The lowest BCUT2D eigenvalue weighted by Crippen LogP contribution is -2.44. The second-order valence-corrected chi connectivity index (χ2v) is 6.42. The summed E-state index contributed by atoms with van der Waals surface area (Å²) in [7, 11) is 0. The van der Waals surface area contributed by atoms with Crippen LogP contribution in [0.1, 0.15) is 43.4 Å². The van der Waals surface area contributed by atoms with Gasteiger partial charge in [0, 0.05) is 23.9 Å². The molecule has 1 aliphatic rings. The number of hydrogen-bond acceptors (Lipinski definition) is 3. The van der Waals surface area contributed by atoms with E-state index in [-0.39, 0.29) is 11.9 Å². The fourth-order valence-electron chi connectivity index (χ4n) is 2.89. The minimum absolute atomic E-state index is 0.166. The van der Waals surface area contributed by atoms with E-state index in [0.29, 0.717) is 18.9 Å². The maximum absolute atomic E-state index is 11.9. The molecule has 1 aliphatic carbocycles. The van der Waals surface area contributed by atoms with Crippen molar-refractivity contribution in [2.45, 2.75) is 51.0 Å². The summed E-state index contributed by atoms with van der Waals surface area (Å²) < 4.78 is 0. The molecule has 1 unspecified atom stereocenters. The molecular formula is C15H24N2OS. The van der Waals surface area contributed by atoms with E-state index in [0.717, 1.165) is 12.8 Å². The Morgan fingerprint density at radius 2 is 2.26 bits per heavy atom. The van der Waals surface area contributed by atoms with E-state index in [4.69, 9.17) is 5.73 Å². The van der Waals surface area contributed by atoms with Gasteiger partial charge in [0.25, 0.3) is 0 Å². The van der Waals surface area contributed by atoms with Crippen molar-refractivity contribution >= 4 is 17.2 Å². The van der Waals surface area contributed by atoms with Gasteiger partial charge < -0.3 is 11.1 Å². The second kappa shape index (κ2) is 7.65. The number of carbonyl (C=O) groups is 1. The summed E-state index contributed by atoms with van der Waals surface area (Å²) in [6.45, 7) is 0.571. The third-order valence-electron chi connectivity index (χ3n) is 3.98. The van der Waals surface area contributed by atoms with Crippen LogP contribution >= 0.6 is 11.3 Å². The molecule has 19 heavy (non-hydrogen) atoms. The smallest absolute Gasteiger partial charge is 0.220 e. The summed E-state index contributed by atoms with van der Waals surface area (Å²) in [6.07, 6.45) is 7.55. The van der Waals surface area contributed by atoms with Crippen molar-refractivity contribution in [3.63, 3.8) is 0 Å². The first kappa shape index (κ1) is 14.5. The summed E-state index contributed by atoms with van der Waals surface area (Å²) in [5, 5.41) is 5.21. The van der Waals surface area contributed by atoms with Gasteiger partial charge in [0.15, 0.2) is 0 Å². The number of rotatable bonds is 7. The molecule has 3 N–H and O–H groups in total. The number of carbonyl (C=O) groups excluding carboxylic acids is 1. The molecule has 0 bridgehead atoms. The van der Waals surface area contributed by atoms with Gasteiger partial charge in [-0.3, -0.25) is 4.79 Å². The molecule has 1 amide bonds. The normalized spacial score (nSPS) is 17.5. The van der Waals surface area contributed by atoms with E-state index in [1.165, 1.54) is 30.6 Å². The first-order chi connectivity index (χ1) is 9.29. The van der Waals surface area contributed by atoms with Crippen LogP contribution in [0.5, 0.6) is 0 Å². The third kappa shape index (κ3) is 4.62. The second-order valence-electron chi connectivity index (χ2n) is 5.39. The maximum atomic E-state index is 11.9. The Morgan fingerprint density at radius 1 is 1.47 bits per heavy atom. The Labute approximate surface area is 119 Å². The highest BCUT2D eigenvalue weighted by Gasteiger charge is 2.24. The van der Waals surface area contributed by atoms with Crippen LogP contribution in [0, 0.1) is 5.92 Å². The molecule has 1 fully saturated rings. The SMILES string of the molecule is NCC(NC(=O)CCCc1cccs1)C1CCCC1. The average molecular weight is 280 g/mol. The van der Waals surface area contributed by atoms with E-state index >= 15 is 0 Å². The molecule has 0 aliphatic heterocycles. The largest absolute Gasteiger partial charge is 0.352 e. The number of amides is 1. The van der Waals surface area contributed by atoms with Crippen molar-refractivity contribution in [3.8, 4) is 0 Å². The van der Waals surface area contributed by atoms with Crippen LogP contribution in [0.2, 0.25) is 0 Å². The predicted octanol–water partition coefficient (Wildman–Crippen LogP) is 2.70. The van der Waals surface area contributed by atoms with E-state index in [1.54, 1.807) is 11.3 Å². The summed E-state index contributed by atoms with van der Waals surface area (Å²) in [6, 6.07) is 4.38. The first-order valence-electron chi connectivity index (χ1n) is 7.31. The number of nitrogens with one attached hydrogen (secondary N) is 1. The van der Waals surface area contributed by atoms with Crippen LogP contribution < -0.4 is 11.1 Å². The zero-order chi connectivity index (χ0) is 13.5. The lowest BCUT2D eigenvalue weighted by atomic mass is 9.98. The van der Waals surface area contributed by atoms with Gasteiger partial charge >= 0.3 is 0 Å². The van der Waals surface area contributed by atoms with Crippen molar-refractivity contribution in [1.29, 1.82) is 0 Å². The molecule has 1 saturated carbocycles. The molecule has 0 spiro atoms. The maximum Gasteiger partial charge on any atom is 0.220 e. The van der Waals surface area contributed by atoms with Crippen LogP contribution in [0.4, 0.5) is 0 Å². The lowest BCUT2D eigenvalue weighted by Gasteiger charge is -2.23. The molecule has 0 aromatic carbocycles. The Bertz CT molecular complexity index is 372. The number of hydrogen-bond donors (Lipinski definition) is 2. The Balaban J connectivity index is 1.67. The number of thiophene rings is 1. The molecule has 2 rings (SSSR count). The first-order valence-corrected chi connectivity index (χ1v) is 8.19. The van der Waals surface area contributed by atoms with Gasteiger partial charge in [-0.1, -0.05) is 18.9 Å². The Morgan fingerprint density at radius 3 is 2.89 bits per heavy atom. The van der Waals surface area contributed by atoms with Gasteiger partial charge in [-0.05, 0) is 43.0 Å². The van der Waals surface area contributed by atoms with Crippen LogP contribution in [0.3, 0.4) is 0 Å². The molecule has 106 valence electrons. The standard InChI is InChI=1S/C15H24N2OS/c16-11-14(12-5-1-2-6-12)17-15(18)9-3-7-13-8-4-10-19-13/h4,8,10,12,14H,1-3,5-7,9,11,16H2,(H,17,18). The molecular weight excluding hydrogens is 256 g/mol. The highest BCUT2D eigenvalue weighted by atomic mass is 32.1. The van der Waals surface area contributed by atoms with Crippen molar-refractivity contribution in [1.82, 2.24) is 5.32 Å². The van der Waals surface area contributed by atoms with Gasteiger partial charge in [-0.25, -0.2) is 0 Å². The van der Waals surface area contributed by atoms with E-state index in [1.807, 2.05) is 0 Å². The minimum atomic E-state index is 0.166. The van der Waals surface area contributed by atoms with Crippen molar-refractivity contribution in [2.75, 3.05) is 6.54 Å². The molecule has 0 saturated heterocycles. The molecule has 1 aromatic rings. The van der Waals surface area contributed by atoms with Gasteiger partial charge in [-0.15, -0.1) is 11.3 Å². The summed E-state index contributed by atoms with van der Waals surface area (Å²) in [5.74, 6) is 0.769. The quantitative estimate of drug-likeness (QED) is 0.807. The third-order valence-corrected chi connectivity index (χ3v) is 4.91. The molecule has 1 aromatic heterocycles. The predicted molar refractivity (Wildman–Crippen MR) is 80.2 cm³/mol. The molecule has 4 heteroatoms. The van der Waals surface area contributed by atoms with Crippen molar-refractivity contribution in [3.05, 3.63) is 22.4 Å². The summed E-state index contributed by atoms with van der Waals surface area (Å²) >= 11 is 1.76. The van der Waals surface area contributed by atoms with Crippen LogP contribution in [-0.2, 0) is 11.2 Å². The Hall–Kier alpha value is -0.870. The highest BCUT2D eigenvalue weighted by Crippen LogP contribution is 2.27. The van der Waals surface area contributed by atoms with Crippen LogP contribution in [-0.4, -0.2) is 18.5 Å². The van der Waals surface area contributed by atoms with E-state index in [9.17, 15) is 4.79 Å². The van der Waals surface area contributed by atoms with Gasteiger partial charge in [-0.2, -0.15) is 0 Å². The highest BCUT2D eigenvalue weighted by molar-refractivity contribution is 7.09. The zero-order valence-corrected chi connectivity index (χ0v) is 12.3. The van der Waals surface area contributed by atoms with Crippen LogP contribution in [0.25, 0.3) is 0 Å². The van der Waals surface area contributed by atoms with E-state index < -0.39 is 0 Å². The van der Waals surface area contributed by atoms with Crippen LogP contribution in [0.15, 0.2) is 17.5 Å². The summed E-state index contributed by atoms with van der Waals surface area (Å²) in [5.41, 5.74) is 5.79. The van der Waals surface area contributed by atoms with Gasteiger partial charge in [0.1, 0.15) is 0 Å². The van der Waals surface area contributed by atoms with Gasteiger partial charge in [0.2, 0.25) is 5.91 Å². The molecule has 0 radical (unpaired) electrons. The number of nitrogens with two attached hydrogens (primary N) is 1. The van der Waals surface area contributed by atoms with Gasteiger partial charge in [0.05, 0.1) is 0 Å². The lowest BCUT2D eigenvalue weighted by molar-refractivity contribution is -0.122. The summed E-state index contributed by atoms with van der Waals surface area (Å²) in [4.78, 5) is 13.3. The number of aryl methyl sites for hydroxylation is 1. The Kier molecular flexibility index (Phi) is 5.86. The molecule has 3 nitrogen and oxygen atoms in total.